The number of rotatable bonds is 4. The number of carbonyl (C=O) groups excluding carboxylic acids is 1. The number of hydrogen-bond acceptors (Lipinski definition) is 4. The minimum atomic E-state index is -1.09. The summed E-state index contributed by atoms with van der Waals surface area (Å²) in [5.41, 5.74) is 6.30. The molecule has 0 spiro atoms. The second kappa shape index (κ2) is 6.47. The van der Waals surface area contributed by atoms with E-state index < -0.39 is 23.7 Å². The van der Waals surface area contributed by atoms with E-state index in [0.29, 0.717) is 5.69 Å². The number of nitrogens with two attached hydrogens (primary N) is 1. The Morgan fingerprint density at radius 3 is 2.48 bits per heavy atom. The van der Waals surface area contributed by atoms with E-state index in [0.717, 1.165) is 10.5 Å². The molecule has 0 saturated carbocycles. The number of carboxylic acids is 1. The summed E-state index contributed by atoms with van der Waals surface area (Å²) < 4.78 is 5.19. The molecule has 1 aromatic rings. The predicted molar refractivity (Wildman–Crippen MR) is 80.0 cm³/mol. The molecule has 21 heavy (non-hydrogen) atoms. The van der Waals surface area contributed by atoms with Gasteiger partial charge in [-0.05, 0) is 38.5 Å². The minimum absolute atomic E-state index is 0.163. The highest BCUT2D eigenvalue weighted by molar-refractivity contribution is 5.80. The van der Waals surface area contributed by atoms with Crippen molar-refractivity contribution in [2.24, 2.45) is 0 Å². The lowest BCUT2D eigenvalue weighted by atomic mass is 10.0. The molecule has 0 aliphatic rings. The number of nitrogen functional groups attached to an aromatic ring is 1. The minimum Gasteiger partial charge on any atom is -0.480 e. The van der Waals surface area contributed by atoms with Crippen LogP contribution in [0.1, 0.15) is 26.3 Å². The molecule has 1 amide bonds. The summed E-state index contributed by atoms with van der Waals surface area (Å²) in [7, 11) is 1.42. The number of amides is 1. The van der Waals surface area contributed by atoms with E-state index in [1.807, 2.05) is 0 Å². The highest BCUT2D eigenvalue weighted by Crippen LogP contribution is 2.15. The van der Waals surface area contributed by atoms with Crippen LogP contribution in [-0.4, -0.2) is 40.8 Å². The van der Waals surface area contributed by atoms with Crippen LogP contribution in [-0.2, 0) is 16.0 Å². The molecule has 0 bridgehead atoms. The fraction of sp³-hybridized carbons (Fsp3) is 0.467. The smallest absolute Gasteiger partial charge is 0.410 e. The Balaban J connectivity index is 2.86. The highest BCUT2D eigenvalue weighted by atomic mass is 16.6. The first-order chi connectivity index (χ1) is 9.60. The maximum Gasteiger partial charge on any atom is 0.410 e. The molecular weight excluding hydrogens is 272 g/mol. The zero-order valence-electron chi connectivity index (χ0n) is 12.8. The van der Waals surface area contributed by atoms with Crippen molar-refractivity contribution in [3.05, 3.63) is 29.8 Å². The van der Waals surface area contributed by atoms with E-state index >= 15 is 0 Å². The zero-order chi connectivity index (χ0) is 16.2. The Labute approximate surface area is 124 Å². The average molecular weight is 294 g/mol. The summed E-state index contributed by atoms with van der Waals surface area (Å²) in [5, 5.41) is 9.34. The molecule has 1 atom stereocenters. The molecule has 0 saturated heterocycles. The molecule has 0 aromatic heterocycles. The van der Waals surface area contributed by atoms with Gasteiger partial charge in [0.2, 0.25) is 0 Å². The van der Waals surface area contributed by atoms with Gasteiger partial charge in [-0.2, -0.15) is 0 Å². The topological polar surface area (TPSA) is 92.9 Å². The van der Waals surface area contributed by atoms with Gasteiger partial charge in [-0.25, -0.2) is 9.59 Å². The van der Waals surface area contributed by atoms with Crippen LogP contribution in [0.4, 0.5) is 10.5 Å². The molecule has 6 nitrogen and oxygen atoms in total. The van der Waals surface area contributed by atoms with Crippen molar-refractivity contribution in [1.29, 1.82) is 0 Å². The molecular formula is C15H22N2O4. The van der Waals surface area contributed by atoms with Crippen molar-refractivity contribution in [2.75, 3.05) is 12.8 Å². The molecule has 0 unspecified atom stereocenters. The number of benzene rings is 1. The Hall–Kier alpha value is -2.24. The van der Waals surface area contributed by atoms with E-state index in [9.17, 15) is 14.7 Å². The third kappa shape index (κ3) is 5.33. The first-order valence-corrected chi connectivity index (χ1v) is 6.63. The number of nitrogens with zero attached hydrogens (tertiary/aromatic N) is 1. The van der Waals surface area contributed by atoms with E-state index in [2.05, 4.69) is 0 Å². The summed E-state index contributed by atoms with van der Waals surface area (Å²) in [5.74, 6) is -1.09. The fourth-order valence-corrected chi connectivity index (χ4v) is 1.79. The summed E-state index contributed by atoms with van der Waals surface area (Å²) in [6, 6.07) is 5.92. The van der Waals surface area contributed by atoms with Crippen LogP contribution in [0.25, 0.3) is 0 Å². The Kier molecular flexibility index (Phi) is 5.18. The molecule has 1 rings (SSSR count). The van der Waals surface area contributed by atoms with Gasteiger partial charge in [0.05, 0.1) is 0 Å². The second-order valence-corrected chi connectivity index (χ2v) is 5.89. The molecule has 116 valence electrons. The van der Waals surface area contributed by atoms with Gasteiger partial charge in [-0.15, -0.1) is 0 Å². The Morgan fingerprint density at radius 2 is 2.00 bits per heavy atom. The maximum absolute atomic E-state index is 12.0. The Morgan fingerprint density at radius 1 is 1.38 bits per heavy atom. The highest BCUT2D eigenvalue weighted by Gasteiger charge is 2.30. The standard InChI is InChI=1S/C15H22N2O4/c1-15(2,3)21-14(20)17(4)12(13(18)19)9-10-6-5-7-11(16)8-10/h5-8,12H,9,16H2,1-4H3,(H,18,19)/t12-/m1/s1. The molecule has 3 N–H and O–H groups in total. The van der Waals surface area contributed by atoms with Gasteiger partial charge < -0.3 is 15.6 Å². The van der Waals surface area contributed by atoms with Crippen molar-refractivity contribution in [3.8, 4) is 0 Å². The van der Waals surface area contributed by atoms with Gasteiger partial charge in [0.25, 0.3) is 0 Å². The molecule has 0 aliphatic heterocycles. The van der Waals surface area contributed by atoms with Gasteiger partial charge in [0.15, 0.2) is 0 Å². The summed E-state index contributed by atoms with van der Waals surface area (Å²) >= 11 is 0. The lowest BCUT2D eigenvalue weighted by molar-refractivity contribution is -0.142. The molecule has 6 heteroatoms. The van der Waals surface area contributed by atoms with Crippen molar-refractivity contribution in [3.63, 3.8) is 0 Å². The number of anilines is 1. The number of hydrogen-bond donors (Lipinski definition) is 2. The van der Waals surface area contributed by atoms with E-state index in [1.165, 1.54) is 7.05 Å². The van der Waals surface area contributed by atoms with E-state index in [1.54, 1.807) is 45.0 Å². The van der Waals surface area contributed by atoms with Crippen LogP contribution in [0.5, 0.6) is 0 Å². The summed E-state index contributed by atoms with van der Waals surface area (Å²) in [6.07, 6.45) is -0.505. The van der Waals surface area contributed by atoms with E-state index in [-0.39, 0.29) is 6.42 Å². The van der Waals surface area contributed by atoms with Crippen LogP contribution in [0.3, 0.4) is 0 Å². The zero-order valence-corrected chi connectivity index (χ0v) is 12.8. The fourth-order valence-electron chi connectivity index (χ4n) is 1.79. The summed E-state index contributed by atoms with van der Waals surface area (Å²) in [6.45, 7) is 5.19. The monoisotopic (exact) mass is 294 g/mol. The van der Waals surface area contributed by atoms with Crippen molar-refractivity contribution < 1.29 is 19.4 Å². The maximum atomic E-state index is 12.0. The number of likely N-dealkylation sites (N-methyl/N-ethyl adjacent to an activating group) is 1. The number of ether oxygens (including phenoxy) is 1. The number of aliphatic carboxylic acids is 1. The van der Waals surface area contributed by atoms with Gasteiger partial charge in [-0.1, -0.05) is 12.1 Å². The molecule has 0 fully saturated rings. The first kappa shape index (κ1) is 16.8. The van der Waals surface area contributed by atoms with Crippen LogP contribution in [0, 0.1) is 0 Å². The average Bonchev–Trinajstić information content (AvgIpc) is 2.32. The first-order valence-electron chi connectivity index (χ1n) is 6.63. The quantitative estimate of drug-likeness (QED) is 0.830. The van der Waals surface area contributed by atoms with Gasteiger partial charge in [-0.3, -0.25) is 4.90 Å². The third-order valence-electron chi connectivity index (χ3n) is 2.81. The lowest BCUT2D eigenvalue weighted by Crippen LogP contribution is -2.46. The molecule has 0 heterocycles. The van der Waals surface area contributed by atoms with Crippen LogP contribution < -0.4 is 5.73 Å². The SMILES string of the molecule is CN(C(=O)OC(C)(C)C)[C@H](Cc1cccc(N)c1)C(=O)O. The van der Waals surface area contributed by atoms with Gasteiger partial charge >= 0.3 is 12.1 Å². The molecule has 0 radical (unpaired) electrons. The van der Waals surface area contributed by atoms with Crippen LogP contribution in [0.15, 0.2) is 24.3 Å². The van der Waals surface area contributed by atoms with Crippen molar-refractivity contribution in [1.82, 2.24) is 4.90 Å². The normalized spacial score (nSPS) is 12.6. The Bertz CT molecular complexity index is 523. The predicted octanol–water partition coefficient (Wildman–Crippen LogP) is 2.13. The van der Waals surface area contributed by atoms with E-state index in [4.69, 9.17) is 10.5 Å². The lowest BCUT2D eigenvalue weighted by Gasteiger charge is -2.28. The molecule has 1 aromatic carbocycles. The summed E-state index contributed by atoms with van der Waals surface area (Å²) in [4.78, 5) is 24.5. The molecule has 0 aliphatic carbocycles. The second-order valence-electron chi connectivity index (χ2n) is 5.89. The van der Waals surface area contributed by atoms with Crippen LogP contribution >= 0.6 is 0 Å². The number of carbonyl (C=O) groups is 2. The van der Waals surface area contributed by atoms with Crippen molar-refractivity contribution >= 4 is 17.7 Å². The van der Waals surface area contributed by atoms with Crippen LogP contribution in [0.2, 0.25) is 0 Å². The van der Waals surface area contributed by atoms with Gasteiger partial charge in [0.1, 0.15) is 11.6 Å². The third-order valence-corrected chi connectivity index (χ3v) is 2.81. The van der Waals surface area contributed by atoms with Crippen molar-refractivity contribution in [2.45, 2.75) is 38.8 Å². The largest absolute Gasteiger partial charge is 0.480 e. The number of carboxylic acid groups (broad SMARTS) is 1. The van der Waals surface area contributed by atoms with Gasteiger partial charge in [0, 0.05) is 19.2 Å².